The SMILES string of the molecule is Cc1[nH]c(C(=O)NC2CCN(c3cc(C(=O)O)nc(OCCCN(C)C)n3)CC2)c(Cl)c1Cl. The zero-order valence-corrected chi connectivity index (χ0v) is 20.3. The number of aromatic nitrogens is 3. The van der Waals surface area contributed by atoms with Gasteiger partial charge in [0.25, 0.3) is 5.91 Å². The van der Waals surface area contributed by atoms with Crippen molar-refractivity contribution >= 4 is 40.9 Å². The van der Waals surface area contributed by atoms with E-state index in [0.29, 0.717) is 49.1 Å². The summed E-state index contributed by atoms with van der Waals surface area (Å²) in [5.41, 5.74) is 0.769. The lowest BCUT2D eigenvalue weighted by Crippen LogP contribution is -2.45. The highest BCUT2D eigenvalue weighted by Crippen LogP contribution is 2.29. The van der Waals surface area contributed by atoms with Crippen molar-refractivity contribution in [1.29, 1.82) is 0 Å². The van der Waals surface area contributed by atoms with Gasteiger partial charge in [-0.2, -0.15) is 9.97 Å². The van der Waals surface area contributed by atoms with Crippen LogP contribution >= 0.6 is 23.2 Å². The summed E-state index contributed by atoms with van der Waals surface area (Å²) in [6.45, 7) is 4.14. The summed E-state index contributed by atoms with van der Waals surface area (Å²) in [6.07, 6.45) is 2.08. The maximum Gasteiger partial charge on any atom is 0.354 e. The van der Waals surface area contributed by atoms with Crippen molar-refractivity contribution in [3.8, 4) is 6.01 Å². The van der Waals surface area contributed by atoms with Crippen molar-refractivity contribution in [2.75, 3.05) is 45.2 Å². The molecule has 3 rings (SSSR count). The molecule has 3 heterocycles. The molecule has 0 bridgehead atoms. The molecule has 2 aromatic heterocycles. The highest BCUT2D eigenvalue weighted by Gasteiger charge is 2.26. The van der Waals surface area contributed by atoms with Gasteiger partial charge in [-0.15, -0.1) is 0 Å². The summed E-state index contributed by atoms with van der Waals surface area (Å²) in [6, 6.07) is 1.43. The molecule has 1 aliphatic rings. The van der Waals surface area contributed by atoms with Gasteiger partial charge in [-0.25, -0.2) is 4.79 Å². The van der Waals surface area contributed by atoms with Crippen LogP contribution in [0.4, 0.5) is 5.82 Å². The Balaban J connectivity index is 1.61. The lowest BCUT2D eigenvalue weighted by molar-refractivity contribution is 0.0688. The van der Waals surface area contributed by atoms with Crippen molar-refractivity contribution in [2.24, 2.45) is 0 Å². The minimum Gasteiger partial charge on any atom is -0.477 e. The van der Waals surface area contributed by atoms with Crippen molar-refractivity contribution in [3.63, 3.8) is 0 Å². The second-order valence-corrected chi connectivity index (χ2v) is 8.95. The normalized spacial score (nSPS) is 14.5. The summed E-state index contributed by atoms with van der Waals surface area (Å²) < 4.78 is 5.60. The molecule has 1 aliphatic heterocycles. The maximum atomic E-state index is 12.6. The molecule has 0 radical (unpaired) electrons. The molecule has 10 nitrogen and oxygen atoms in total. The first-order valence-electron chi connectivity index (χ1n) is 10.6. The molecule has 0 aromatic carbocycles. The number of hydrogen-bond donors (Lipinski definition) is 3. The number of amides is 1. The number of nitrogens with one attached hydrogen (secondary N) is 2. The van der Waals surface area contributed by atoms with E-state index in [9.17, 15) is 14.7 Å². The first kappa shape index (κ1) is 25.1. The lowest BCUT2D eigenvalue weighted by atomic mass is 10.0. The molecule has 0 spiro atoms. The van der Waals surface area contributed by atoms with Gasteiger partial charge in [-0.1, -0.05) is 23.2 Å². The molecule has 2 aromatic rings. The van der Waals surface area contributed by atoms with Crippen LogP contribution in [0.5, 0.6) is 6.01 Å². The predicted octanol–water partition coefficient (Wildman–Crippen LogP) is 2.85. The summed E-state index contributed by atoms with van der Waals surface area (Å²) in [5, 5.41) is 13.0. The van der Waals surface area contributed by atoms with Gasteiger partial charge in [0.1, 0.15) is 11.5 Å². The predicted molar refractivity (Wildman–Crippen MR) is 126 cm³/mol. The molecule has 1 fully saturated rings. The molecule has 3 N–H and O–H groups in total. The average Bonchev–Trinajstić information content (AvgIpc) is 3.04. The standard InChI is InChI=1S/C21H28Cl2N6O4/c1-12-16(22)17(23)18(24-12)19(30)25-13-5-8-29(9-6-13)15-11-14(20(31)32)26-21(27-15)33-10-4-7-28(2)3/h11,13,24H,4-10H2,1-3H3,(H,25,30)(H,31,32). The van der Waals surface area contributed by atoms with Crippen LogP contribution < -0.4 is 15.0 Å². The Bertz CT molecular complexity index is 1000. The molecule has 180 valence electrons. The number of H-pyrrole nitrogens is 1. The number of nitrogens with zero attached hydrogens (tertiary/aromatic N) is 4. The summed E-state index contributed by atoms with van der Waals surface area (Å²) in [7, 11) is 3.93. The van der Waals surface area contributed by atoms with Gasteiger partial charge < -0.3 is 29.9 Å². The highest BCUT2D eigenvalue weighted by molar-refractivity contribution is 6.44. The Hall–Kier alpha value is -2.56. The number of halogens is 2. The third kappa shape index (κ3) is 6.49. The fourth-order valence-electron chi connectivity index (χ4n) is 3.53. The van der Waals surface area contributed by atoms with E-state index in [4.69, 9.17) is 27.9 Å². The van der Waals surface area contributed by atoms with Crippen LogP contribution in [0.25, 0.3) is 0 Å². The summed E-state index contributed by atoms with van der Waals surface area (Å²) in [5.74, 6) is -0.961. The van der Waals surface area contributed by atoms with E-state index in [1.54, 1.807) is 6.92 Å². The minimum absolute atomic E-state index is 0.0488. The number of carboxylic acid groups (broad SMARTS) is 1. The van der Waals surface area contributed by atoms with Crippen LogP contribution in [-0.2, 0) is 0 Å². The van der Waals surface area contributed by atoms with Crippen molar-refractivity contribution in [1.82, 2.24) is 25.2 Å². The summed E-state index contributed by atoms with van der Waals surface area (Å²) in [4.78, 5) is 39.4. The van der Waals surface area contributed by atoms with Crippen LogP contribution in [0, 0.1) is 6.92 Å². The topological polar surface area (TPSA) is 124 Å². The first-order valence-corrected chi connectivity index (χ1v) is 11.4. The fraction of sp³-hybridized carbons (Fsp3) is 0.524. The fourth-order valence-corrected chi connectivity index (χ4v) is 3.95. The van der Waals surface area contributed by atoms with Crippen molar-refractivity contribution in [2.45, 2.75) is 32.2 Å². The first-order chi connectivity index (χ1) is 15.7. The third-order valence-corrected chi connectivity index (χ3v) is 6.27. The van der Waals surface area contributed by atoms with Crippen LogP contribution in [-0.4, -0.2) is 83.2 Å². The Morgan fingerprint density at radius 1 is 1.27 bits per heavy atom. The van der Waals surface area contributed by atoms with Crippen molar-refractivity contribution in [3.05, 3.63) is 33.2 Å². The van der Waals surface area contributed by atoms with E-state index in [-0.39, 0.29) is 34.4 Å². The maximum absolute atomic E-state index is 12.6. The molecule has 33 heavy (non-hydrogen) atoms. The lowest BCUT2D eigenvalue weighted by Gasteiger charge is -2.33. The molecular weight excluding hydrogens is 471 g/mol. The molecule has 0 aliphatic carbocycles. The number of aromatic carboxylic acids is 1. The smallest absolute Gasteiger partial charge is 0.354 e. The number of carbonyl (C=O) groups is 2. The number of aromatic amines is 1. The van der Waals surface area contributed by atoms with Gasteiger partial charge in [0.15, 0.2) is 5.69 Å². The van der Waals surface area contributed by atoms with Gasteiger partial charge in [0.05, 0.1) is 16.7 Å². The number of ether oxygens (including phenoxy) is 1. The van der Waals surface area contributed by atoms with E-state index < -0.39 is 5.97 Å². The zero-order valence-electron chi connectivity index (χ0n) is 18.8. The van der Waals surface area contributed by atoms with E-state index in [0.717, 1.165) is 13.0 Å². The highest BCUT2D eigenvalue weighted by atomic mass is 35.5. The van der Waals surface area contributed by atoms with Gasteiger partial charge in [-0.05, 0) is 40.3 Å². The van der Waals surface area contributed by atoms with Crippen LogP contribution in [0.2, 0.25) is 10.0 Å². The number of anilines is 1. The van der Waals surface area contributed by atoms with Crippen LogP contribution in [0.15, 0.2) is 6.07 Å². The molecule has 1 amide bonds. The van der Waals surface area contributed by atoms with Crippen molar-refractivity contribution < 1.29 is 19.4 Å². The Morgan fingerprint density at radius 2 is 1.97 bits per heavy atom. The van der Waals surface area contributed by atoms with E-state index in [2.05, 4.69) is 20.3 Å². The monoisotopic (exact) mass is 498 g/mol. The van der Waals surface area contributed by atoms with Gasteiger partial charge in [0, 0.05) is 37.4 Å². The average molecular weight is 499 g/mol. The Labute approximate surface area is 202 Å². The van der Waals surface area contributed by atoms with Crippen LogP contribution in [0.1, 0.15) is 45.9 Å². The molecule has 0 saturated carbocycles. The van der Waals surface area contributed by atoms with Crippen LogP contribution in [0.3, 0.4) is 0 Å². The number of rotatable bonds is 9. The molecule has 12 heteroatoms. The Kier molecular flexibility index (Phi) is 8.39. The quantitative estimate of drug-likeness (QED) is 0.450. The van der Waals surface area contributed by atoms with E-state index in [1.807, 2.05) is 23.9 Å². The number of carbonyl (C=O) groups excluding carboxylic acids is 1. The molecule has 1 saturated heterocycles. The van der Waals surface area contributed by atoms with Gasteiger partial charge >= 0.3 is 12.0 Å². The largest absolute Gasteiger partial charge is 0.477 e. The Morgan fingerprint density at radius 3 is 2.55 bits per heavy atom. The number of piperidine rings is 1. The van der Waals surface area contributed by atoms with Gasteiger partial charge in [0.2, 0.25) is 0 Å². The minimum atomic E-state index is -1.14. The zero-order chi connectivity index (χ0) is 24.1. The number of carboxylic acids is 1. The molecular formula is C21H28Cl2N6O4. The van der Waals surface area contributed by atoms with Gasteiger partial charge in [-0.3, -0.25) is 4.79 Å². The second-order valence-electron chi connectivity index (χ2n) is 8.19. The third-order valence-electron chi connectivity index (χ3n) is 5.33. The number of hydrogen-bond acceptors (Lipinski definition) is 7. The number of aryl methyl sites for hydroxylation is 1. The summed E-state index contributed by atoms with van der Waals surface area (Å²) >= 11 is 12.2. The molecule has 0 atom stereocenters. The second kappa shape index (κ2) is 11.0. The van der Waals surface area contributed by atoms with E-state index in [1.165, 1.54) is 6.07 Å². The van der Waals surface area contributed by atoms with E-state index >= 15 is 0 Å². The molecule has 0 unspecified atom stereocenters.